The molecular weight excluding hydrogens is 480 g/mol. The number of carbonyl (C=O) groups is 5. The van der Waals surface area contributed by atoms with Crippen LogP contribution >= 0.6 is 15.9 Å². The average molecular weight is 503 g/mol. The number of benzene rings is 1. The van der Waals surface area contributed by atoms with Crippen LogP contribution < -0.4 is 16.4 Å². The Hall–Kier alpha value is -3.03. The topological polar surface area (TPSA) is 199 Å². The molecule has 0 aliphatic carbocycles. The van der Waals surface area contributed by atoms with Gasteiger partial charge in [0.15, 0.2) is 0 Å². The van der Waals surface area contributed by atoms with Crippen LogP contribution in [0, 0.1) is 0 Å². The lowest BCUT2D eigenvalue weighted by molar-refractivity contribution is -0.139. The zero-order valence-electron chi connectivity index (χ0n) is 16.3. The van der Waals surface area contributed by atoms with Crippen molar-refractivity contribution in [1.29, 1.82) is 0 Å². The number of halogens is 1. The standard InChI is InChI=1S/C18H23BrN4O8/c19-11-3-1-10(2-4-11)17(28)23(31)8-7-13(16(27)21-9-15(25)26)22-14(24)6-5-12(20)18(29)30/h1-4,12-13,31H,5-9,20H2,(H,21,27)(H,22,24)(H,25,26)(H,29,30)/t12-,13-/m0/s1. The Balaban J connectivity index is 2.74. The van der Waals surface area contributed by atoms with Crippen LogP contribution in [0.2, 0.25) is 0 Å². The third kappa shape index (κ3) is 9.55. The van der Waals surface area contributed by atoms with E-state index in [1.807, 2.05) is 0 Å². The SMILES string of the molecule is N[C@@H](CCC(=O)N[C@@H](CCN(O)C(=O)c1ccc(Br)cc1)C(=O)NCC(=O)O)C(=O)O. The number of hydroxylamine groups is 2. The number of carboxylic acid groups (broad SMARTS) is 2. The number of hydrogen-bond acceptors (Lipinski definition) is 7. The Kier molecular flexibility index (Phi) is 10.6. The number of rotatable bonds is 12. The Morgan fingerprint density at radius 2 is 1.68 bits per heavy atom. The summed E-state index contributed by atoms with van der Waals surface area (Å²) in [6, 6.07) is 3.61. The van der Waals surface area contributed by atoms with E-state index >= 15 is 0 Å². The summed E-state index contributed by atoms with van der Waals surface area (Å²) >= 11 is 3.22. The third-order valence-corrected chi connectivity index (χ3v) is 4.55. The molecule has 0 fully saturated rings. The van der Waals surface area contributed by atoms with Gasteiger partial charge in [0, 0.05) is 16.5 Å². The molecule has 1 rings (SSSR count). The second kappa shape index (κ2) is 12.6. The normalized spacial score (nSPS) is 12.4. The number of amides is 3. The lowest BCUT2D eigenvalue weighted by atomic mass is 10.1. The number of nitrogens with one attached hydrogen (secondary N) is 2. The van der Waals surface area contributed by atoms with E-state index in [0.29, 0.717) is 5.06 Å². The smallest absolute Gasteiger partial charge is 0.322 e. The molecule has 13 heteroatoms. The lowest BCUT2D eigenvalue weighted by Gasteiger charge is -2.21. The molecule has 0 unspecified atom stereocenters. The van der Waals surface area contributed by atoms with Gasteiger partial charge in [-0.15, -0.1) is 0 Å². The van der Waals surface area contributed by atoms with Crippen LogP contribution in [0.25, 0.3) is 0 Å². The number of carboxylic acids is 2. The molecule has 0 aliphatic rings. The summed E-state index contributed by atoms with van der Waals surface area (Å²) < 4.78 is 0.731. The van der Waals surface area contributed by atoms with Gasteiger partial charge in [0.25, 0.3) is 5.91 Å². The first kappa shape index (κ1) is 26.0. The summed E-state index contributed by atoms with van der Waals surface area (Å²) in [6.45, 7) is -1.05. The van der Waals surface area contributed by atoms with Gasteiger partial charge in [-0.1, -0.05) is 15.9 Å². The molecule has 0 aliphatic heterocycles. The van der Waals surface area contributed by atoms with Gasteiger partial charge in [0.05, 0.1) is 6.54 Å². The lowest BCUT2D eigenvalue weighted by Crippen LogP contribution is -2.49. The highest BCUT2D eigenvalue weighted by Crippen LogP contribution is 2.12. The summed E-state index contributed by atoms with van der Waals surface area (Å²) in [7, 11) is 0. The van der Waals surface area contributed by atoms with Crippen molar-refractivity contribution >= 4 is 45.6 Å². The maximum absolute atomic E-state index is 12.2. The van der Waals surface area contributed by atoms with Crippen molar-refractivity contribution < 1.29 is 39.4 Å². The molecule has 1 aromatic carbocycles. The molecule has 7 N–H and O–H groups in total. The van der Waals surface area contributed by atoms with Crippen LogP contribution in [-0.4, -0.2) is 75.3 Å². The van der Waals surface area contributed by atoms with Crippen LogP contribution in [-0.2, 0) is 19.2 Å². The van der Waals surface area contributed by atoms with E-state index in [2.05, 4.69) is 26.6 Å². The van der Waals surface area contributed by atoms with Crippen LogP contribution in [0.4, 0.5) is 0 Å². The molecule has 3 amide bonds. The molecule has 0 saturated carbocycles. The van der Waals surface area contributed by atoms with E-state index in [-0.39, 0.29) is 31.4 Å². The Labute approximate surface area is 185 Å². The summed E-state index contributed by atoms with van der Waals surface area (Å²) in [5.41, 5.74) is 5.51. The molecule has 0 radical (unpaired) electrons. The van der Waals surface area contributed by atoms with Crippen molar-refractivity contribution in [3.05, 3.63) is 34.3 Å². The molecule has 2 atom stereocenters. The molecule has 0 heterocycles. The summed E-state index contributed by atoms with van der Waals surface area (Å²) in [5, 5.41) is 32.2. The summed E-state index contributed by atoms with van der Waals surface area (Å²) in [4.78, 5) is 57.9. The number of carbonyl (C=O) groups excluding carboxylic acids is 3. The highest BCUT2D eigenvalue weighted by molar-refractivity contribution is 9.10. The Bertz CT molecular complexity index is 817. The fraction of sp³-hybridized carbons (Fsp3) is 0.389. The van der Waals surface area contributed by atoms with E-state index in [1.54, 1.807) is 12.1 Å². The van der Waals surface area contributed by atoms with Crippen LogP contribution in [0.5, 0.6) is 0 Å². The fourth-order valence-corrected chi connectivity index (χ4v) is 2.59. The second-order valence-electron chi connectivity index (χ2n) is 6.44. The van der Waals surface area contributed by atoms with Gasteiger partial charge in [0.2, 0.25) is 11.8 Å². The van der Waals surface area contributed by atoms with E-state index in [9.17, 15) is 29.2 Å². The Morgan fingerprint density at radius 1 is 1.06 bits per heavy atom. The maximum atomic E-state index is 12.2. The van der Waals surface area contributed by atoms with Crippen LogP contribution in [0.1, 0.15) is 29.6 Å². The molecule has 0 aromatic heterocycles. The minimum atomic E-state index is -1.31. The zero-order chi connectivity index (χ0) is 23.6. The van der Waals surface area contributed by atoms with Crippen molar-refractivity contribution in [2.45, 2.75) is 31.3 Å². The molecule has 0 saturated heterocycles. The van der Waals surface area contributed by atoms with Gasteiger partial charge in [-0.25, -0.2) is 5.06 Å². The molecule has 12 nitrogen and oxygen atoms in total. The molecule has 170 valence electrons. The van der Waals surface area contributed by atoms with Gasteiger partial charge in [0.1, 0.15) is 18.6 Å². The molecule has 0 spiro atoms. The van der Waals surface area contributed by atoms with Gasteiger partial charge in [-0.05, 0) is 37.1 Å². The van der Waals surface area contributed by atoms with E-state index in [4.69, 9.17) is 15.9 Å². The van der Waals surface area contributed by atoms with E-state index < -0.39 is 48.3 Å². The molecule has 31 heavy (non-hydrogen) atoms. The predicted molar refractivity (Wildman–Crippen MR) is 109 cm³/mol. The first-order valence-electron chi connectivity index (χ1n) is 9.04. The highest BCUT2D eigenvalue weighted by atomic mass is 79.9. The van der Waals surface area contributed by atoms with Crippen LogP contribution in [0.3, 0.4) is 0 Å². The minimum Gasteiger partial charge on any atom is -0.480 e. The van der Waals surface area contributed by atoms with E-state index in [0.717, 1.165) is 4.47 Å². The van der Waals surface area contributed by atoms with Crippen molar-refractivity contribution in [2.24, 2.45) is 5.73 Å². The van der Waals surface area contributed by atoms with E-state index in [1.165, 1.54) is 12.1 Å². The van der Waals surface area contributed by atoms with Gasteiger partial charge >= 0.3 is 11.9 Å². The van der Waals surface area contributed by atoms with Gasteiger partial charge in [-0.3, -0.25) is 29.2 Å². The summed E-state index contributed by atoms with van der Waals surface area (Å²) in [6.07, 6.45) is -0.712. The molecular formula is C18H23BrN4O8. The van der Waals surface area contributed by atoms with Crippen molar-refractivity contribution in [1.82, 2.24) is 15.7 Å². The number of nitrogens with two attached hydrogens (primary N) is 1. The largest absolute Gasteiger partial charge is 0.480 e. The number of hydrogen-bond donors (Lipinski definition) is 6. The number of nitrogens with zero attached hydrogens (tertiary/aromatic N) is 1. The zero-order valence-corrected chi connectivity index (χ0v) is 17.9. The monoisotopic (exact) mass is 502 g/mol. The Morgan fingerprint density at radius 3 is 2.23 bits per heavy atom. The highest BCUT2D eigenvalue weighted by Gasteiger charge is 2.24. The average Bonchev–Trinajstić information content (AvgIpc) is 2.72. The number of aliphatic carboxylic acids is 2. The fourth-order valence-electron chi connectivity index (χ4n) is 2.33. The van der Waals surface area contributed by atoms with Gasteiger partial charge < -0.3 is 26.6 Å². The quantitative estimate of drug-likeness (QED) is 0.161. The second-order valence-corrected chi connectivity index (χ2v) is 7.35. The molecule has 0 bridgehead atoms. The maximum Gasteiger partial charge on any atom is 0.322 e. The van der Waals surface area contributed by atoms with Crippen LogP contribution in [0.15, 0.2) is 28.7 Å². The first-order valence-corrected chi connectivity index (χ1v) is 9.84. The molecule has 1 aromatic rings. The minimum absolute atomic E-state index is 0.182. The predicted octanol–water partition coefficient (Wildman–Crippen LogP) is -0.452. The first-order chi connectivity index (χ1) is 14.5. The third-order valence-electron chi connectivity index (χ3n) is 4.02. The van der Waals surface area contributed by atoms with Crippen molar-refractivity contribution in [2.75, 3.05) is 13.1 Å². The summed E-state index contributed by atoms with van der Waals surface area (Å²) in [5.74, 6) is -4.87. The van der Waals surface area contributed by atoms with Crippen molar-refractivity contribution in [3.63, 3.8) is 0 Å². The van der Waals surface area contributed by atoms with Crippen molar-refractivity contribution in [3.8, 4) is 0 Å². The van der Waals surface area contributed by atoms with Gasteiger partial charge in [-0.2, -0.15) is 0 Å².